The summed E-state index contributed by atoms with van der Waals surface area (Å²) in [5, 5.41) is 27.8. The second-order valence-electron chi connectivity index (χ2n) is 15.6. The zero-order chi connectivity index (χ0) is 45.3. The van der Waals surface area contributed by atoms with Crippen molar-refractivity contribution < 1.29 is 38.7 Å². The van der Waals surface area contributed by atoms with Crippen LogP contribution in [0.25, 0.3) is 11.1 Å². The second-order valence-corrected chi connectivity index (χ2v) is 16.6. The Morgan fingerprint density at radius 3 is 1.98 bits per heavy atom. The number of hydrogen-bond donors (Lipinski definition) is 7. The number of unbranched alkanes of at least 4 members (excludes halogenated alkanes) is 1. The summed E-state index contributed by atoms with van der Waals surface area (Å²) in [6.45, 7) is 0.176. The SMILES string of the molecule is O=C(O)CCCCNC(=O)[C@@H]1Cc2ccc(cc2)NC(=O)CCC(=O)NC(c2cccs2)C(=O)N[C@@H](Cc2ccc(-c3ccccc3)cc2)C(=O)N[C@H](CCc2ccccc2)C(=O)N1. The molecule has 332 valence electrons. The van der Waals surface area contributed by atoms with E-state index in [1.807, 2.05) is 84.9 Å². The maximum absolute atomic E-state index is 14.6. The summed E-state index contributed by atoms with van der Waals surface area (Å²) < 4.78 is 0. The van der Waals surface area contributed by atoms with E-state index < -0.39 is 65.6 Å². The first-order valence-corrected chi connectivity index (χ1v) is 22.2. The van der Waals surface area contributed by atoms with E-state index in [4.69, 9.17) is 5.11 Å². The lowest BCUT2D eigenvalue weighted by Gasteiger charge is -2.27. The normalized spacial score (nSPS) is 18.9. The van der Waals surface area contributed by atoms with Gasteiger partial charge >= 0.3 is 5.97 Å². The van der Waals surface area contributed by atoms with Crippen molar-refractivity contribution in [3.05, 3.63) is 148 Å². The van der Waals surface area contributed by atoms with E-state index in [2.05, 4.69) is 31.9 Å². The smallest absolute Gasteiger partial charge is 0.303 e. The van der Waals surface area contributed by atoms with E-state index in [0.29, 0.717) is 41.0 Å². The Morgan fingerprint density at radius 1 is 0.641 bits per heavy atom. The van der Waals surface area contributed by atoms with E-state index in [1.165, 1.54) is 11.3 Å². The van der Waals surface area contributed by atoms with Gasteiger partial charge in [-0.3, -0.25) is 33.6 Å². The first-order valence-electron chi connectivity index (χ1n) is 21.3. The van der Waals surface area contributed by atoms with Crippen LogP contribution in [-0.4, -0.2) is 71.2 Å². The fourth-order valence-corrected chi connectivity index (χ4v) is 8.02. The molecule has 2 aliphatic heterocycles. The number of thiophene rings is 1. The quantitative estimate of drug-likeness (QED) is 0.0612. The topological polar surface area (TPSA) is 212 Å². The Hall–Kier alpha value is -7.13. The molecular weight excluding hydrogens is 833 g/mol. The number of carboxylic acid groups (broad SMARTS) is 1. The molecule has 64 heavy (non-hydrogen) atoms. The molecule has 15 heteroatoms. The minimum atomic E-state index is -1.23. The first kappa shape index (κ1) is 46.4. The third kappa shape index (κ3) is 14.2. The zero-order valence-electron chi connectivity index (χ0n) is 35.2. The van der Waals surface area contributed by atoms with Gasteiger partial charge in [0.1, 0.15) is 24.2 Å². The van der Waals surface area contributed by atoms with Crippen LogP contribution in [0.5, 0.6) is 0 Å². The van der Waals surface area contributed by atoms with Crippen molar-refractivity contribution >= 4 is 58.4 Å². The van der Waals surface area contributed by atoms with Crippen LogP contribution in [-0.2, 0) is 52.8 Å². The Labute approximate surface area is 375 Å². The molecule has 0 spiro atoms. The van der Waals surface area contributed by atoms with Gasteiger partial charge < -0.3 is 37.0 Å². The Kier molecular flexibility index (Phi) is 16.9. The van der Waals surface area contributed by atoms with Crippen LogP contribution < -0.4 is 31.9 Å². The molecule has 0 saturated heterocycles. The maximum atomic E-state index is 14.6. The predicted molar refractivity (Wildman–Crippen MR) is 244 cm³/mol. The highest BCUT2D eigenvalue weighted by molar-refractivity contribution is 7.10. The molecule has 0 fully saturated rings. The zero-order valence-corrected chi connectivity index (χ0v) is 36.0. The number of carbonyl (C=O) groups excluding carboxylic acids is 6. The van der Waals surface area contributed by atoms with Gasteiger partial charge in [-0.15, -0.1) is 11.3 Å². The molecule has 14 nitrogen and oxygen atoms in total. The van der Waals surface area contributed by atoms with E-state index >= 15 is 0 Å². The number of aryl methyl sites for hydroxylation is 1. The Balaban J connectivity index is 1.33. The highest BCUT2D eigenvalue weighted by atomic mass is 32.1. The molecule has 4 atom stereocenters. The molecule has 2 aliphatic rings. The van der Waals surface area contributed by atoms with Crippen molar-refractivity contribution in [2.24, 2.45) is 0 Å². The standard InChI is InChI=1S/C49H52N6O8S/c56-42-26-27-43(57)55-45(41-14-9-29-64-41)49(63)54-40(31-33-16-21-36(22-17-33)35-12-5-2-6-13-35)48(62)52-38(25-20-32-10-3-1-4-11-32)47(61)53-39(30-34-18-23-37(51-42)24-19-34)46(60)50-28-8-7-15-44(58)59/h1-6,9-14,16-19,21-24,29,38-40,45H,7-8,15,20,25-28,30-31H2,(H,50,60)(H,51,56)(H,52,62)(H,53,61)(H,54,63)(H,55,57)(H,58,59)/t38-,39+,40+,45?/m1/s1. The van der Waals surface area contributed by atoms with Crippen LogP contribution in [0.15, 0.2) is 127 Å². The van der Waals surface area contributed by atoms with Gasteiger partial charge in [0.25, 0.3) is 0 Å². The van der Waals surface area contributed by atoms with Gasteiger partial charge in [-0.1, -0.05) is 103 Å². The molecular formula is C49H52N6O8S. The van der Waals surface area contributed by atoms with E-state index in [9.17, 15) is 33.6 Å². The average molecular weight is 885 g/mol. The van der Waals surface area contributed by atoms with Crippen molar-refractivity contribution in [3.63, 3.8) is 0 Å². The lowest BCUT2D eigenvalue weighted by atomic mass is 9.99. The maximum Gasteiger partial charge on any atom is 0.303 e. The summed E-state index contributed by atoms with van der Waals surface area (Å²) >= 11 is 1.24. The highest BCUT2D eigenvalue weighted by Crippen LogP contribution is 2.23. The number of carbonyl (C=O) groups is 7. The number of carboxylic acids is 1. The third-order valence-corrected chi connectivity index (χ3v) is 11.7. The van der Waals surface area contributed by atoms with Crippen LogP contribution in [0.1, 0.15) is 66.1 Å². The van der Waals surface area contributed by atoms with Crippen molar-refractivity contribution in [3.8, 4) is 11.1 Å². The number of benzene rings is 4. The molecule has 4 aromatic carbocycles. The molecule has 0 aliphatic carbocycles. The number of rotatable bonds is 13. The first-order chi connectivity index (χ1) is 31.0. The van der Waals surface area contributed by atoms with Gasteiger partial charge in [-0.2, -0.15) is 0 Å². The summed E-state index contributed by atoms with van der Waals surface area (Å²) in [7, 11) is 0. The highest BCUT2D eigenvalue weighted by Gasteiger charge is 2.33. The van der Waals surface area contributed by atoms with Gasteiger partial charge in [-0.05, 0) is 77.1 Å². The Morgan fingerprint density at radius 2 is 1.30 bits per heavy atom. The minimum absolute atomic E-state index is 0.0215. The summed E-state index contributed by atoms with van der Waals surface area (Å²) in [4.78, 5) is 95.0. The predicted octanol–water partition coefficient (Wildman–Crippen LogP) is 5.25. The van der Waals surface area contributed by atoms with Crippen LogP contribution in [0.4, 0.5) is 5.69 Å². The minimum Gasteiger partial charge on any atom is -0.481 e. The monoisotopic (exact) mass is 884 g/mol. The van der Waals surface area contributed by atoms with Gasteiger partial charge in [0.15, 0.2) is 0 Å². The van der Waals surface area contributed by atoms with E-state index in [0.717, 1.165) is 16.7 Å². The van der Waals surface area contributed by atoms with Gasteiger partial charge in [0, 0.05) is 49.2 Å². The molecule has 2 bridgehead atoms. The Bertz CT molecular complexity index is 2360. The average Bonchev–Trinajstić information content (AvgIpc) is 3.84. The number of amides is 6. The van der Waals surface area contributed by atoms with Crippen molar-refractivity contribution in [2.75, 3.05) is 11.9 Å². The molecule has 7 rings (SSSR count). The number of hydrogen-bond acceptors (Lipinski definition) is 8. The molecule has 5 aromatic rings. The lowest BCUT2D eigenvalue weighted by molar-refractivity contribution is -0.137. The van der Waals surface area contributed by atoms with Gasteiger partial charge in [-0.25, -0.2) is 0 Å². The molecule has 7 N–H and O–H groups in total. The van der Waals surface area contributed by atoms with E-state index in [-0.39, 0.29) is 45.1 Å². The molecule has 1 unspecified atom stereocenters. The molecule has 6 amide bonds. The number of aliphatic carboxylic acids is 1. The molecule has 0 radical (unpaired) electrons. The van der Waals surface area contributed by atoms with Crippen LogP contribution in [0.2, 0.25) is 0 Å². The summed E-state index contributed by atoms with van der Waals surface area (Å²) in [5.41, 5.74) is 4.67. The summed E-state index contributed by atoms with van der Waals surface area (Å²) in [6.07, 6.45) is 0.888. The van der Waals surface area contributed by atoms with E-state index in [1.54, 1.807) is 41.8 Å². The van der Waals surface area contributed by atoms with Crippen molar-refractivity contribution in [1.82, 2.24) is 26.6 Å². The number of nitrogens with one attached hydrogen (secondary N) is 6. The van der Waals surface area contributed by atoms with Crippen molar-refractivity contribution in [1.29, 1.82) is 0 Å². The van der Waals surface area contributed by atoms with Crippen LogP contribution in [0, 0.1) is 0 Å². The number of fused-ring (bicyclic) bond motifs is 18. The summed E-state index contributed by atoms with van der Waals surface area (Å²) in [6, 6.07) is 32.2. The fourth-order valence-electron chi connectivity index (χ4n) is 7.24. The fraction of sp³-hybridized carbons (Fsp3) is 0.286. The largest absolute Gasteiger partial charge is 0.481 e. The van der Waals surface area contributed by atoms with Gasteiger partial charge in [0.05, 0.1) is 0 Å². The number of anilines is 1. The lowest BCUT2D eigenvalue weighted by Crippen LogP contribution is -2.58. The second kappa shape index (κ2) is 23.4. The third-order valence-electron chi connectivity index (χ3n) is 10.7. The van der Waals surface area contributed by atoms with Crippen molar-refractivity contribution in [2.45, 2.75) is 82.0 Å². The molecule has 1 aromatic heterocycles. The van der Waals surface area contributed by atoms with Crippen LogP contribution in [0.3, 0.4) is 0 Å². The molecule has 3 heterocycles. The summed E-state index contributed by atoms with van der Waals surface area (Å²) in [5.74, 6) is -4.40. The molecule has 0 saturated carbocycles. The van der Waals surface area contributed by atoms with Gasteiger partial charge in [0.2, 0.25) is 35.4 Å². The van der Waals surface area contributed by atoms with Crippen LogP contribution >= 0.6 is 11.3 Å².